The summed E-state index contributed by atoms with van der Waals surface area (Å²) in [7, 11) is 0. The zero-order valence-corrected chi connectivity index (χ0v) is 11.4. The first-order valence-electron chi connectivity index (χ1n) is 6.19. The lowest BCUT2D eigenvalue weighted by Gasteiger charge is -2.34. The number of benzene rings is 1. The van der Waals surface area contributed by atoms with Gasteiger partial charge in [0.25, 0.3) is 5.91 Å². The van der Waals surface area contributed by atoms with Crippen molar-refractivity contribution in [2.75, 3.05) is 18.8 Å². The summed E-state index contributed by atoms with van der Waals surface area (Å²) in [5.41, 5.74) is 6.43. The first-order chi connectivity index (χ1) is 9.06. The minimum atomic E-state index is -0.461. The number of nitrogen functional groups attached to an aromatic ring is 1. The van der Waals surface area contributed by atoms with Crippen molar-refractivity contribution in [2.24, 2.45) is 0 Å². The predicted octanol–water partition coefficient (Wildman–Crippen LogP) is 1.27. The molecule has 3 N–H and O–H groups in total. The Bertz CT molecular complexity index is 498. The van der Waals surface area contributed by atoms with Crippen LogP contribution in [0.15, 0.2) is 18.2 Å². The minimum Gasteiger partial charge on any atom is -0.398 e. The number of hydrogen-bond donors (Lipinski definition) is 2. The number of rotatable bonds is 2. The number of hydrogen-bond acceptors (Lipinski definition) is 3. The van der Waals surface area contributed by atoms with E-state index in [2.05, 4.69) is 5.32 Å². The number of piperazine rings is 1. The number of anilines is 1. The molecule has 1 aromatic carbocycles. The van der Waals surface area contributed by atoms with Crippen molar-refractivity contribution in [2.45, 2.75) is 19.4 Å². The molecule has 2 amide bonds. The van der Waals surface area contributed by atoms with Crippen molar-refractivity contribution in [3.63, 3.8) is 0 Å². The molecule has 1 aliphatic heterocycles. The van der Waals surface area contributed by atoms with Crippen LogP contribution in [0.1, 0.15) is 23.7 Å². The standard InChI is InChI=1S/C13H16ClN3O2/c1-2-10-12(18)16-6-7-17(10)13(19)11-8(14)4-3-5-9(11)15/h3-5,10H,2,6-7,15H2,1H3,(H,16,18). The summed E-state index contributed by atoms with van der Waals surface area (Å²) in [6.07, 6.45) is 0.557. The first kappa shape index (κ1) is 13.7. The summed E-state index contributed by atoms with van der Waals surface area (Å²) >= 11 is 6.04. The van der Waals surface area contributed by atoms with E-state index in [0.717, 1.165) is 0 Å². The number of nitrogens with zero attached hydrogens (tertiary/aromatic N) is 1. The highest BCUT2D eigenvalue weighted by Gasteiger charge is 2.33. The number of carbonyl (C=O) groups is 2. The molecule has 0 saturated carbocycles. The zero-order valence-electron chi connectivity index (χ0n) is 10.6. The van der Waals surface area contributed by atoms with Gasteiger partial charge in [0.15, 0.2) is 0 Å². The van der Waals surface area contributed by atoms with E-state index in [0.29, 0.717) is 30.2 Å². The van der Waals surface area contributed by atoms with Crippen LogP contribution in [0.3, 0.4) is 0 Å². The molecule has 102 valence electrons. The lowest BCUT2D eigenvalue weighted by molar-refractivity contribution is -0.127. The molecule has 0 spiro atoms. The molecule has 1 aromatic rings. The maximum Gasteiger partial charge on any atom is 0.258 e. The van der Waals surface area contributed by atoms with E-state index >= 15 is 0 Å². The Morgan fingerprint density at radius 1 is 1.58 bits per heavy atom. The van der Waals surface area contributed by atoms with Gasteiger partial charge < -0.3 is 16.0 Å². The van der Waals surface area contributed by atoms with Gasteiger partial charge in [-0.3, -0.25) is 9.59 Å². The summed E-state index contributed by atoms with van der Waals surface area (Å²) in [5.74, 6) is -0.419. The molecule has 5 nitrogen and oxygen atoms in total. The summed E-state index contributed by atoms with van der Waals surface area (Å²) < 4.78 is 0. The molecule has 1 aliphatic rings. The number of nitrogens with two attached hydrogens (primary N) is 1. The van der Waals surface area contributed by atoms with Gasteiger partial charge >= 0.3 is 0 Å². The quantitative estimate of drug-likeness (QED) is 0.802. The summed E-state index contributed by atoms with van der Waals surface area (Å²) in [6.45, 7) is 2.78. The van der Waals surface area contributed by atoms with E-state index in [4.69, 9.17) is 17.3 Å². The van der Waals surface area contributed by atoms with Crippen LogP contribution < -0.4 is 11.1 Å². The van der Waals surface area contributed by atoms with Gasteiger partial charge in [0.05, 0.1) is 10.6 Å². The largest absolute Gasteiger partial charge is 0.398 e. The van der Waals surface area contributed by atoms with Gasteiger partial charge in [0, 0.05) is 18.8 Å². The van der Waals surface area contributed by atoms with Crippen LogP contribution in [0.25, 0.3) is 0 Å². The van der Waals surface area contributed by atoms with E-state index in [1.54, 1.807) is 18.2 Å². The average Bonchev–Trinajstić information content (AvgIpc) is 2.38. The normalized spacial score (nSPS) is 19.2. The third-order valence-electron chi connectivity index (χ3n) is 3.24. The van der Waals surface area contributed by atoms with Crippen molar-refractivity contribution in [3.8, 4) is 0 Å². The van der Waals surface area contributed by atoms with E-state index in [-0.39, 0.29) is 17.4 Å². The second-order valence-corrected chi connectivity index (χ2v) is 4.82. The molecule has 19 heavy (non-hydrogen) atoms. The molecular weight excluding hydrogens is 266 g/mol. The third-order valence-corrected chi connectivity index (χ3v) is 3.55. The second-order valence-electron chi connectivity index (χ2n) is 4.42. The monoisotopic (exact) mass is 281 g/mol. The fourth-order valence-corrected chi connectivity index (χ4v) is 2.54. The molecular formula is C13H16ClN3O2. The topological polar surface area (TPSA) is 75.4 Å². The Kier molecular flexibility index (Phi) is 3.95. The maximum atomic E-state index is 12.5. The molecule has 0 aromatic heterocycles. The van der Waals surface area contributed by atoms with Crippen molar-refractivity contribution >= 4 is 29.1 Å². The third kappa shape index (κ3) is 2.51. The van der Waals surface area contributed by atoms with Gasteiger partial charge in [-0.25, -0.2) is 0 Å². The number of halogens is 1. The fourth-order valence-electron chi connectivity index (χ4n) is 2.27. The Morgan fingerprint density at radius 2 is 2.32 bits per heavy atom. The Balaban J connectivity index is 2.35. The molecule has 0 bridgehead atoms. The molecule has 1 atom stereocenters. The van der Waals surface area contributed by atoms with Crippen LogP contribution in [0.2, 0.25) is 5.02 Å². The van der Waals surface area contributed by atoms with Crippen LogP contribution >= 0.6 is 11.6 Å². The fraction of sp³-hybridized carbons (Fsp3) is 0.385. The molecule has 0 radical (unpaired) electrons. The molecule has 2 rings (SSSR count). The molecule has 1 fully saturated rings. The number of carbonyl (C=O) groups excluding carboxylic acids is 2. The summed E-state index contributed by atoms with van der Waals surface area (Å²) in [5, 5.41) is 3.06. The van der Waals surface area contributed by atoms with Crippen LogP contribution in [0.5, 0.6) is 0 Å². The van der Waals surface area contributed by atoms with Gasteiger partial charge in [0.2, 0.25) is 5.91 Å². The van der Waals surface area contributed by atoms with Crippen molar-refractivity contribution in [1.82, 2.24) is 10.2 Å². The molecule has 1 unspecified atom stereocenters. The lowest BCUT2D eigenvalue weighted by Crippen LogP contribution is -2.57. The molecule has 0 aliphatic carbocycles. The van der Waals surface area contributed by atoms with E-state index in [1.807, 2.05) is 6.92 Å². The lowest BCUT2D eigenvalue weighted by atomic mass is 10.1. The van der Waals surface area contributed by atoms with E-state index in [9.17, 15) is 9.59 Å². The van der Waals surface area contributed by atoms with Crippen molar-refractivity contribution in [3.05, 3.63) is 28.8 Å². The van der Waals surface area contributed by atoms with E-state index in [1.165, 1.54) is 4.90 Å². The molecule has 1 saturated heterocycles. The Labute approximate surface area is 116 Å². The summed E-state index contributed by atoms with van der Waals surface area (Å²) in [4.78, 5) is 25.8. The second kappa shape index (κ2) is 5.48. The van der Waals surface area contributed by atoms with Crippen LogP contribution in [-0.2, 0) is 4.79 Å². The van der Waals surface area contributed by atoms with Gasteiger partial charge in [0.1, 0.15) is 6.04 Å². The Morgan fingerprint density at radius 3 is 2.95 bits per heavy atom. The highest BCUT2D eigenvalue weighted by molar-refractivity contribution is 6.34. The maximum absolute atomic E-state index is 12.5. The van der Waals surface area contributed by atoms with Crippen LogP contribution in [0, 0.1) is 0 Å². The van der Waals surface area contributed by atoms with E-state index < -0.39 is 6.04 Å². The molecule has 1 heterocycles. The van der Waals surface area contributed by atoms with Crippen LogP contribution in [-0.4, -0.2) is 35.8 Å². The Hall–Kier alpha value is -1.75. The first-order valence-corrected chi connectivity index (χ1v) is 6.56. The van der Waals surface area contributed by atoms with Crippen molar-refractivity contribution < 1.29 is 9.59 Å². The van der Waals surface area contributed by atoms with Crippen molar-refractivity contribution in [1.29, 1.82) is 0 Å². The average molecular weight is 282 g/mol. The number of amides is 2. The van der Waals surface area contributed by atoms with Gasteiger partial charge in [-0.05, 0) is 18.6 Å². The smallest absolute Gasteiger partial charge is 0.258 e. The van der Waals surface area contributed by atoms with Gasteiger partial charge in [-0.1, -0.05) is 24.6 Å². The SMILES string of the molecule is CCC1C(=O)NCCN1C(=O)c1c(N)cccc1Cl. The highest BCUT2D eigenvalue weighted by Crippen LogP contribution is 2.25. The highest BCUT2D eigenvalue weighted by atomic mass is 35.5. The zero-order chi connectivity index (χ0) is 14.0. The molecule has 6 heteroatoms. The van der Waals surface area contributed by atoms with Gasteiger partial charge in [-0.2, -0.15) is 0 Å². The predicted molar refractivity (Wildman–Crippen MR) is 74.0 cm³/mol. The summed E-state index contributed by atoms with van der Waals surface area (Å²) in [6, 6.07) is 4.48. The number of nitrogens with one attached hydrogen (secondary N) is 1. The minimum absolute atomic E-state index is 0.132. The van der Waals surface area contributed by atoms with Gasteiger partial charge in [-0.15, -0.1) is 0 Å². The van der Waals surface area contributed by atoms with Crippen LogP contribution in [0.4, 0.5) is 5.69 Å².